The van der Waals surface area contributed by atoms with E-state index in [0.29, 0.717) is 11.3 Å². The van der Waals surface area contributed by atoms with Crippen LogP contribution < -0.4 is 0 Å². The van der Waals surface area contributed by atoms with Gasteiger partial charge in [0, 0.05) is 11.6 Å². The van der Waals surface area contributed by atoms with Gasteiger partial charge < -0.3 is 0 Å². The molecule has 76 valence electrons. The fraction of sp³-hybridized carbons (Fsp3) is 0.125. The van der Waals surface area contributed by atoms with Crippen LogP contribution in [0.4, 0.5) is 13.2 Å². The molecule has 0 fully saturated rings. The highest BCUT2D eigenvalue weighted by molar-refractivity contribution is 7.09. The maximum Gasteiger partial charge on any atom is 0.443 e. The Hall–Kier alpha value is -0.880. The Balaban J connectivity index is 0.000000165. The van der Waals surface area contributed by atoms with Gasteiger partial charge in [0.2, 0.25) is 0 Å². The number of rotatable bonds is 0. The topological polar surface area (TPSA) is 12.9 Å². The lowest BCUT2D eigenvalue weighted by atomic mass is 10.7. The van der Waals surface area contributed by atoms with Gasteiger partial charge in [-0.1, -0.05) is 12.1 Å². The highest BCUT2D eigenvalue weighted by atomic mass is 32.1. The molecular weight excluding hydrogens is 231 g/mol. The van der Waals surface area contributed by atoms with E-state index in [2.05, 4.69) is 4.98 Å². The maximum absolute atomic E-state index is 11.6. The first-order chi connectivity index (χ1) is 6.61. The normalized spacial score (nSPS) is 10.5. The molecule has 0 saturated heterocycles. The zero-order valence-electron chi connectivity index (χ0n) is 6.86. The average Bonchev–Trinajstić information content (AvgIpc) is 2.80. The quantitative estimate of drug-likeness (QED) is 0.677. The summed E-state index contributed by atoms with van der Waals surface area (Å²) >= 11 is 2.31. The Labute approximate surface area is 86.9 Å². The molecule has 2 rings (SSSR count). The third kappa shape index (κ3) is 3.89. The van der Waals surface area contributed by atoms with Gasteiger partial charge in [0.1, 0.15) is 0 Å². The second-order valence-electron chi connectivity index (χ2n) is 2.13. The van der Waals surface area contributed by atoms with Crippen LogP contribution >= 0.6 is 22.7 Å². The zero-order chi connectivity index (χ0) is 10.4. The van der Waals surface area contributed by atoms with Crippen molar-refractivity contribution in [3.63, 3.8) is 0 Å². The molecule has 2 aromatic heterocycles. The first-order valence-electron chi connectivity index (χ1n) is 3.54. The van der Waals surface area contributed by atoms with Crippen LogP contribution in [0.15, 0.2) is 34.5 Å². The van der Waals surface area contributed by atoms with Crippen LogP contribution in [0.1, 0.15) is 5.01 Å². The van der Waals surface area contributed by atoms with Gasteiger partial charge >= 0.3 is 6.18 Å². The number of nitrogens with zero attached hydrogens (tertiary/aromatic N) is 1. The lowest BCUT2D eigenvalue weighted by Gasteiger charge is -1.97. The predicted octanol–water partition coefficient (Wildman–Crippen LogP) is 3.91. The molecule has 0 bridgehead atoms. The van der Waals surface area contributed by atoms with E-state index in [0.717, 1.165) is 6.20 Å². The molecule has 0 spiro atoms. The summed E-state index contributed by atoms with van der Waals surface area (Å²) in [5.41, 5.74) is 0. The zero-order valence-corrected chi connectivity index (χ0v) is 8.49. The minimum absolute atomic E-state index is 0.594. The summed E-state index contributed by atoms with van der Waals surface area (Å²) in [7, 11) is 0. The summed E-state index contributed by atoms with van der Waals surface area (Å²) in [4.78, 5) is 3.08. The SMILES string of the molecule is FC(F)(F)c1nccs1.c1ccsc1. The number of hydrogen-bond acceptors (Lipinski definition) is 3. The van der Waals surface area contributed by atoms with E-state index in [1.165, 1.54) is 5.38 Å². The summed E-state index contributed by atoms with van der Waals surface area (Å²) in [6, 6.07) is 4.04. The van der Waals surface area contributed by atoms with Gasteiger partial charge in [-0.2, -0.15) is 24.5 Å². The third-order valence-corrected chi connectivity index (χ3v) is 2.55. The van der Waals surface area contributed by atoms with Crippen molar-refractivity contribution in [2.45, 2.75) is 6.18 Å². The summed E-state index contributed by atoms with van der Waals surface area (Å²) < 4.78 is 34.7. The van der Waals surface area contributed by atoms with E-state index in [4.69, 9.17) is 0 Å². The molecule has 0 saturated carbocycles. The van der Waals surface area contributed by atoms with E-state index < -0.39 is 11.2 Å². The fourth-order valence-electron chi connectivity index (χ4n) is 0.590. The van der Waals surface area contributed by atoms with Crippen LogP contribution in [0.25, 0.3) is 0 Å². The van der Waals surface area contributed by atoms with Crippen molar-refractivity contribution in [2.75, 3.05) is 0 Å². The fourth-order valence-corrected chi connectivity index (χ4v) is 1.55. The van der Waals surface area contributed by atoms with Gasteiger partial charge in [-0.25, -0.2) is 4.98 Å². The van der Waals surface area contributed by atoms with Crippen LogP contribution in [0.5, 0.6) is 0 Å². The molecule has 6 heteroatoms. The van der Waals surface area contributed by atoms with Gasteiger partial charge in [-0.3, -0.25) is 0 Å². The summed E-state index contributed by atoms with van der Waals surface area (Å²) in [5, 5.41) is 4.59. The molecule has 0 atom stereocenters. The highest BCUT2D eigenvalue weighted by Crippen LogP contribution is 2.30. The van der Waals surface area contributed by atoms with Crippen molar-refractivity contribution in [1.29, 1.82) is 0 Å². The Morgan fingerprint density at radius 1 is 1.07 bits per heavy atom. The summed E-state index contributed by atoms with van der Waals surface area (Å²) in [6.07, 6.45) is -3.14. The van der Waals surface area contributed by atoms with Crippen LogP contribution in [0, 0.1) is 0 Å². The smallest absolute Gasteiger partial charge is 0.241 e. The van der Waals surface area contributed by atoms with E-state index in [1.54, 1.807) is 11.3 Å². The van der Waals surface area contributed by atoms with Crippen molar-refractivity contribution in [2.24, 2.45) is 0 Å². The minimum Gasteiger partial charge on any atom is -0.241 e. The van der Waals surface area contributed by atoms with E-state index in [-0.39, 0.29) is 0 Å². The van der Waals surface area contributed by atoms with Crippen LogP contribution in [0.2, 0.25) is 0 Å². The molecule has 0 amide bonds. The number of thiazole rings is 1. The van der Waals surface area contributed by atoms with Gasteiger partial charge in [-0.15, -0.1) is 11.3 Å². The lowest BCUT2D eigenvalue weighted by molar-refractivity contribution is -0.137. The number of aromatic nitrogens is 1. The second-order valence-corrected chi connectivity index (χ2v) is 3.84. The minimum atomic E-state index is -4.27. The number of halogens is 3. The van der Waals surface area contributed by atoms with Gasteiger partial charge in [0.15, 0.2) is 5.01 Å². The van der Waals surface area contributed by atoms with Crippen molar-refractivity contribution in [3.8, 4) is 0 Å². The molecule has 14 heavy (non-hydrogen) atoms. The lowest BCUT2D eigenvalue weighted by Crippen LogP contribution is -2.02. The standard InChI is InChI=1S/C4H2F3NS.C4H4S/c5-4(6,7)3-8-1-2-9-3;1-2-4-5-3-1/h1-2H;1-4H. The predicted molar refractivity (Wildman–Crippen MR) is 51.4 cm³/mol. The monoisotopic (exact) mass is 237 g/mol. The molecule has 0 N–H and O–H groups in total. The number of alkyl halides is 3. The van der Waals surface area contributed by atoms with Crippen LogP contribution in [0.3, 0.4) is 0 Å². The Bertz CT molecular complexity index is 309. The van der Waals surface area contributed by atoms with Crippen molar-refractivity contribution >= 4 is 22.7 Å². The van der Waals surface area contributed by atoms with Crippen molar-refractivity contribution < 1.29 is 13.2 Å². The van der Waals surface area contributed by atoms with Crippen LogP contribution in [-0.2, 0) is 6.18 Å². The Morgan fingerprint density at radius 3 is 1.93 bits per heavy atom. The van der Waals surface area contributed by atoms with Gasteiger partial charge in [0.25, 0.3) is 0 Å². The molecule has 0 aliphatic heterocycles. The van der Waals surface area contributed by atoms with Gasteiger partial charge in [-0.05, 0) is 10.8 Å². The molecule has 0 radical (unpaired) electrons. The van der Waals surface area contributed by atoms with Crippen molar-refractivity contribution in [1.82, 2.24) is 4.98 Å². The number of thiophene rings is 1. The van der Waals surface area contributed by atoms with Gasteiger partial charge in [0.05, 0.1) is 0 Å². The number of hydrogen-bond donors (Lipinski definition) is 0. The average molecular weight is 237 g/mol. The molecule has 2 aromatic rings. The maximum atomic E-state index is 11.6. The molecule has 0 aliphatic carbocycles. The van der Waals surface area contributed by atoms with Crippen LogP contribution in [-0.4, -0.2) is 4.98 Å². The van der Waals surface area contributed by atoms with E-state index in [9.17, 15) is 13.2 Å². The largest absolute Gasteiger partial charge is 0.443 e. The molecule has 0 aromatic carbocycles. The molecule has 1 nitrogen and oxygen atoms in total. The summed E-state index contributed by atoms with van der Waals surface area (Å²) in [5.74, 6) is 0. The highest BCUT2D eigenvalue weighted by Gasteiger charge is 2.33. The molecule has 0 unspecified atom stereocenters. The van der Waals surface area contributed by atoms with Crippen molar-refractivity contribution in [3.05, 3.63) is 39.5 Å². The van der Waals surface area contributed by atoms with E-state index in [1.807, 2.05) is 22.9 Å². The Kier molecular flexibility index (Phi) is 4.09. The first-order valence-corrected chi connectivity index (χ1v) is 5.37. The second kappa shape index (κ2) is 5.11. The molecule has 2 heterocycles. The van der Waals surface area contributed by atoms with E-state index >= 15 is 0 Å². The molecular formula is C8H6F3NS2. The molecule has 0 aliphatic rings. The first kappa shape index (κ1) is 11.2. The summed E-state index contributed by atoms with van der Waals surface area (Å²) in [6.45, 7) is 0. The Morgan fingerprint density at radius 2 is 1.71 bits per heavy atom. The third-order valence-electron chi connectivity index (χ3n) is 1.10.